The van der Waals surface area contributed by atoms with Gasteiger partial charge in [-0.1, -0.05) is 37.6 Å². The van der Waals surface area contributed by atoms with Crippen molar-refractivity contribution in [2.45, 2.75) is 173 Å². The number of aliphatic hydroxyl groups excluding tert-OH is 1. The highest BCUT2D eigenvalue weighted by atomic mass is 16.8. The third-order valence-corrected chi connectivity index (χ3v) is 13.8. The molecular formula is C42H61NO7. The molecule has 0 unspecified atom stereocenters. The van der Waals surface area contributed by atoms with Crippen molar-refractivity contribution in [1.29, 1.82) is 0 Å². The molecule has 0 saturated carbocycles. The molecular weight excluding hydrogens is 630 g/mol. The Bertz CT molecular complexity index is 1510. The highest BCUT2D eigenvalue weighted by molar-refractivity contribution is 5.92. The molecule has 3 fully saturated rings. The molecule has 8 nitrogen and oxygen atoms in total. The van der Waals surface area contributed by atoms with E-state index in [-0.39, 0.29) is 41.5 Å². The standard InChI is InChI=1S/C42H61NO7/c1-25-9-8-10-37-40(15-11-26(2)24-43-37)16-13-32(36-21-28(4)38(45)47-36)30(6)33(40)20-27(3)34(44)22-35-29(5)23-41(49-35)17-18-42(50-41)39(7,46)14-12-31(19-25)48-42/h20-21,26,29,31,33-36,44,46H,1,8-19,22-24H2,2-7H3/b27-20-/t26-,29-,31+,33+,34-,35+,36-,39+,40+,41+,42-/m1/s1. The SMILES string of the molecule is C=C1CCCC2=NC[C@H](C)CC[C@@]23CCC([C@H]2C=C(C)C(=O)O2)=C(C)[C@@H]3/C=C(/C)[C@H](O)C[C@@H]2O[C@]3(CC[C@@]4(O[C@@H](CC[C@]4(C)O)C1)O3)C[C@H]2C. The normalized spacial score (nSPS) is 47.0. The summed E-state index contributed by atoms with van der Waals surface area (Å²) in [5.41, 5.74) is 5.23. The average molecular weight is 692 g/mol. The molecule has 8 heteroatoms. The van der Waals surface area contributed by atoms with Crippen molar-refractivity contribution in [2.75, 3.05) is 6.54 Å². The first kappa shape index (κ1) is 36.3. The Morgan fingerprint density at radius 1 is 0.980 bits per heavy atom. The second-order valence-electron chi connectivity index (χ2n) is 17.6. The van der Waals surface area contributed by atoms with E-state index in [1.165, 1.54) is 22.4 Å². The van der Waals surface area contributed by atoms with Gasteiger partial charge in [0.05, 0.1) is 18.3 Å². The largest absolute Gasteiger partial charge is 0.450 e. The molecule has 0 aromatic heterocycles. The molecule has 1 aliphatic carbocycles. The topological polar surface area (TPSA) is 107 Å². The zero-order chi connectivity index (χ0) is 35.6. The summed E-state index contributed by atoms with van der Waals surface area (Å²) in [6, 6.07) is 0. The van der Waals surface area contributed by atoms with Gasteiger partial charge in [-0.15, -0.1) is 0 Å². The first-order valence-corrected chi connectivity index (χ1v) is 19.6. The number of hydrogen-bond donors (Lipinski definition) is 2. The zero-order valence-corrected chi connectivity index (χ0v) is 31.4. The lowest BCUT2D eigenvalue weighted by atomic mass is 9.58. The lowest BCUT2D eigenvalue weighted by molar-refractivity contribution is -0.387. The zero-order valence-electron chi connectivity index (χ0n) is 31.4. The van der Waals surface area contributed by atoms with Gasteiger partial charge in [-0.25, -0.2) is 4.79 Å². The van der Waals surface area contributed by atoms with Crippen LogP contribution in [0.1, 0.15) is 131 Å². The fraction of sp³-hybridized carbons (Fsp3) is 0.762. The van der Waals surface area contributed by atoms with E-state index in [2.05, 4.69) is 40.3 Å². The Morgan fingerprint density at radius 2 is 1.78 bits per heavy atom. The van der Waals surface area contributed by atoms with E-state index in [9.17, 15) is 15.0 Å². The van der Waals surface area contributed by atoms with Crippen LogP contribution in [-0.2, 0) is 23.7 Å². The van der Waals surface area contributed by atoms with Crippen LogP contribution in [0.25, 0.3) is 0 Å². The van der Waals surface area contributed by atoms with E-state index in [0.29, 0.717) is 43.6 Å². The summed E-state index contributed by atoms with van der Waals surface area (Å²) in [6.45, 7) is 17.8. The number of carbonyl (C=O) groups is 1. The van der Waals surface area contributed by atoms with Gasteiger partial charge in [0, 0.05) is 54.8 Å². The van der Waals surface area contributed by atoms with Crippen molar-refractivity contribution in [2.24, 2.45) is 28.2 Å². The van der Waals surface area contributed by atoms with Crippen molar-refractivity contribution in [3.8, 4) is 0 Å². The van der Waals surface area contributed by atoms with Gasteiger partial charge in [-0.05, 0) is 121 Å². The summed E-state index contributed by atoms with van der Waals surface area (Å²) in [5.74, 6) is -1.47. The minimum Gasteiger partial charge on any atom is -0.450 e. The summed E-state index contributed by atoms with van der Waals surface area (Å²) >= 11 is 0. The molecule has 7 aliphatic rings. The van der Waals surface area contributed by atoms with Crippen LogP contribution in [0.4, 0.5) is 0 Å². The Kier molecular flexibility index (Phi) is 9.71. The number of fused-ring (bicyclic) bond motifs is 2. The van der Waals surface area contributed by atoms with Crippen LogP contribution >= 0.6 is 0 Å². The van der Waals surface area contributed by atoms with Gasteiger partial charge in [-0.2, -0.15) is 0 Å². The van der Waals surface area contributed by atoms with Crippen LogP contribution in [-0.4, -0.2) is 70.0 Å². The lowest BCUT2D eigenvalue weighted by Gasteiger charge is -2.49. The van der Waals surface area contributed by atoms with E-state index in [1.54, 1.807) is 0 Å². The summed E-state index contributed by atoms with van der Waals surface area (Å²) < 4.78 is 26.2. The third-order valence-electron chi connectivity index (χ3n) is 13.8. The highest BCUT2D eigenvalue weighted by Crippen LogP contribution is 2.57. The maximum Gasteiger partial charge on any atom is 0.334 e. The quantitative estimate of drug-likeness (QED) is 0.213. The Balaban J connectivity index is 1.27. The first-order chi connectivity index (χ1) is 23.6. The van der Waals surface area contributed by atoms with Crippen LogP contribution in [0.5, 0.6) is 0 Å². The Hall–Kier alpha value is -2.10. The molecule has 11 atom stereocenters. The number of hydrogen-bond acceptors (Lipinski definition) is 8. The minimum atomic E-state index is -1.12. The monoisotopic (exact) mass is 691 g/mol. The number of esters is 1. The van der Waals surface area contributed by atoms with Gasteiger partial charge in [0.2, 0.25) is 5.79 Å². The first-order valence-electron chi connectivity index (χ1n) is 19.6. The van der Waals surface area contributed by atoms with Crippen molar-refractivity contribution in [3.05, 3.63) is 46.6 Å². The molecule has 276 valence electrons. The van der Waals surface area contributed by atoms with Crippen molar-refractivity contribution in [1.82, 2.24) is 0 Å². The summed E-state index contributed by atoms with van der Waals surface area (Å²) in [6.07, 6.45) is 14.2. The molecule has 6 aliphatic heterocycles. The fourth-order valence-electron chi connectivity index (χ4n) is 10.5. The predicted octanol–water partition coefficient (Wildman–Crippen LogP) is 7.83. The molecule has 50 heavy (non-hydrogen) atoms. The van der Waals surface area contributed by atoms with E-state index in [1.807, 2.05) is 19.9 Å². The number of ether oxygens (including phenoxy) is 4. The number of nitrogens with zero attached hydrogens (tertiary/aromatic N) is 1. The summed E-state index contributed by atoms with van der Waals surface area (Å²) in [4.78, 5) is 17.9. The number of aliphatic imine (C=N–C) groups is 1. The van der Waals surface area contributed by atoms with Gasteiger partial charge in [0.25, 0.3) is 0 Å². The average Bonchev–Trinajstić information content (AvgIpc) is 3.65. The lowest BCUT2D eigenvalue weighted by Crippen LogP contribution is -2.60. The summed E-state index contributed by atoms with van der Waals surface area (Å²) in [5, 5.41) is 23.5. The maximum absolute atomic E-state index is 12.5. The number of cyclic esters (lactones) is 1. The number of carbonyl (C=O) groups excluding carboxylic acids is 1. The van der Waals surface area contributed by atoms with E-state index in [0.717, 1.165) is 69.9 Å². The summed E-state index contributed by atoms with van der Waals surface area (Å²) in [7, 11) is 0. The molecule has 3 saturated heterocycles. The van der Waals surface area contributed by atoms with Crippen LogP contribution in [0, 0.1) is 23.2 Å². The van der Waals surface area contributed by atoms with Crippen molar-refractivity contribution < 1.29 is 34.0 Å². The van der Waals surface area contributed by atoms with Crippen LogP contribution in [0.3, 0.4) is 0 Å². The van der Waals surface area contributed by atoms with Crippen molar-refractivity contribution in [3.63, 3.8) is 0 Å². The molecule has 0 aromatic rings. The van der Waals surface area contributed by atoms with Crippen LogP contribution in [0.2, 0.25) is 0 Å². The molecule has 0 aromatic carbocycles. The van der Waals surface area contributed by atoms with E-state index < -0.39 is 23.3 Å². The molecule has 7 rings (SSSR count). The number of aliphatic hydroxyl groups is 2. The van der Waals surface area contributed by atoms with E-state index in [4.69, 9.17) is 23.9 Å². The van der Waals surface area contributed by atoms with Gasteiger partial charge in [0.1, 0.15) is 11.7 Å². The van der Waals surface area contributed by atoms with E-state index >= 15 is 0 Å². The second-order valence-corrected chi connectivity index (χ2v) is 17.6. The Morgan fingerprint density at radius 3 is 2.54 bits per heavy atom. The van der Waals surface area contributed by atoms with Gasteiger partial charge in [0.15, 0.2) is 5.79 Å². The van der Waals surface area contributed by atoms with Gasteiger partial charge < -0.3 is 29.2 Å². The molecule has 4 bridgehead atoms. The number of rotatable bonds is 1. The van der Waals surface area contributed by atoms with Gasteiger partial charge >= 0.3 is 5.97 Å². The molecule has 3 spiro atoms. The highest BCUT2D eigenvalue weighted by Gasteiger charge is 2.64. The molecule has 0 radical (unpaired) electrons. The number of allylic oxidation sites excluding steroid dienone is 2. The third kappa shape index (κ3) is 6.44. The minimum absolute atomic E-state index is 0.0319. The van der Waals surface area contributed by atoms with Gasteiger partial charge in [-0.3, -0.25) is 4.99 Å². The van der Waals surface area contributed by atoms with Crippen molar-refractivity contribution >= 4 is 11.7 Å². The molecule has 0 amide bonds. The smallest absolute Gasteiger partial charge is 0.334 e. The Labute approximate surface area is 299 Å². The second kappa shape index (κ2) is 13.4. The fourth-order valence-corrected chi connectivity index (χ4v) is 10.5. The maximum atomic E-state index is 12.5. The predicted molar refractivity (Wildman–Crippen MR) is 193 cm³/mol. The van der Waals surface area contributed by atoms with Crippen LogP contribution < -0.4 is 0 Å². The molecule has 6 heterocycles. The molecule has 2 N–H and O–H groups in total. The van der Waals surface area contributed by atoms with Crippen LogP contribution in [0.15, 0.2) is 51.6 Å².